The maximum absolute atomic E-state index is 12.8. The van der Waals surface area contributed by atoms with Crippen LogP contribution >= 0.6 is 11.8 Å². The molecule has 51 heavy (non-hydrogen) atoms. The number of rotatable bonds is 12. The molecule has 10 nitrogen and oxygen atoms in total. The number of H-pyrrole nitrogens is 1. The fourth-order valence-electron chi connectivity index (χ4n) is 5.82. The third-order valence-corrected chi connectivity index (χ3v) is 9.46. The van der Waals surface area contributed by atoms with Gasteiger partial charge in [0, 0.05) is 30.0 Å². The number of nitrogens with zero attached hydrogens (tertiary/aromatic N) is 2. The van der Waals surface area contributed by atoms with Crippen LogP contribution in [-0.4, -0.2) is 38.2 Å². The quantitative estimate of drug-likeness (QED) is 0.0937. The Morgan fingerprint density at radius 2 is 1.57 bits per heavy atom. The van der Waals surface area contributed by atoms with Gasteiger partial charge in [-0.15, -0.1) is 0 Å². The van der Waals surface area contributed by atoms with Gasteiger partial charge in [-0.3, -0.25) is 5.10 Å². The normalized spacial score (nSPS) is 17.1. The molecule has 2 amide bonds. The summed E-state index contributed by atoms with van der Waals surface area (Å²) < 4.78 is 18.8. The van der Waals surface area contributed by atoms with E-state index in [4.69, 9.17) is 14.2 Å². The summed E-state index contributed by atoms with van der Waals surface area (Å²) in [5.74, 6) is 2.11. The van der Waals surface area contributed by atoms with Crippen LogP contribution in [0, 0.1) is 0 Å². The second-order valence-corrected chi connectivity index (χ2v) is 13.0. The molecule has 0 spiro atoms. The molecule has 6 aromatic rings. The topological polar surface area (TPSA) is 131 Å². The molecule has 0 saturated carbocycles. The van der Waals surface area contributed by atoms with E-state index in [1.165, 1.54) is 6.33 Å². The van der Waals surface area contributed by atoms with Crippen LogP contribution in [0.1, 0.15) is 41.1 Å². The Morgan fingerprint density at radius 1 is 0.843 bits per heavy atom. The number of carbonyl (C=O) groups excluding carboxylic acids is 1. The van der Waals surface area contributed by atoms with Gasteiger partial charge in [-0.25, -0.2) is 9.78 Å². The van der Waals surface area contributed by atoms with E-state index >= 15 is 0 Å². The minimum absolute atomic E-state index is 0.00674. The van der Waals surface area contributed by atoms with Gasteiger partial charge in [0.15, 0.2) is 11.4 Å². The number of carbonyl (C=O) groups is 1. The van der Waals surface area contributed by atoms with Crippen LogP contribution in [0.3, 0.4) is 0 Å². The summed E-state index contributed by atoms with van der Waals surface area (Å²) in [6, 6.07) is 40.5. The van der Waals surface area contributed by atoms with Gasteiger partial charge < -0.3 is 30.0 Å². The van der Waals surface area contributed by atoms with Gasteiger partial charge in [0.2, 0.25) is 0 Å². The summed E-state index contributed by atoms with van der Waals surface area (Å²) in [4.78, 5) is 17.1. The Labute approximate surface area is 300 Å². The molecule has 0 aliphatic carbocycles. The number of urea groups is 1. The highest BCUT2D eigenvalue weighted by Gasteiger charge is 2.32. The van der Waals surface area contributed by atoms with Gasteiger partial charge in [0.1, 0.15) is 17.8 Å². The number of aromatic amines is 1. The van der Waals surface area contributed by atoms with E-state index in [9.17, 15) is 9.90 Å². The summed E-state index contributed by atoms with van der Waals surface area (Å²) in [5.41, 5.74) is 6.45. The van der Waals surface area contributed by atoms with Crippen LogP contribution in [0.5, 0.6) is 11.5 Å². The maximum atomic E-state index is 12.8. The second kappa shape index (κ2) is 16.5. The van der Waals surface area contributed by atoms with Crippen LogP contribution in [0.4, 0.5) is 10.5 Å². The van der Waals surface area contributed by atoms with Gasteiger partial charge in [-0.1, -0.05) is 103 Å². The zero-order chi connectivity index (χ0) is 34.8. The predicted octanol–water partition coefficient (Wildman–Crippen LogP) is 8.42. The molecule has 0 bridgehead atoms. The fourth-order valence-corrected chi connectivity index (χ4v) is 6.61. The Balaban J connectivity index is 0.994. The zero-order valence-corrected chi connectivity index (χ0v) is 28.5. The number of hydrogen-bond donors (Lipinski definition) is 4. The average molecular weight is 700 g/mol. The highest BCUT2D eigenvalue weighted by atomic mass is 32.2. The Hall–Kier alpha value is -5.46. The number of amides is 2. The predicted molar refractivity (Wildman–Crippen MR) is 196 cm³/mol. The first-order valence-electron chi connectivity index (χ1n) is 16.6. The number of aliphatic hydroxyl groups excluding tert-OH is 1. The van der Waals surface area contributed by atoms with Crippen molar-refractivity contribution in [2.24, 2.45) is 0 Å². The largest absolute Gasteiger partial charge is 0.457 e. The number of benzene rings is 5. The Morgan fingerprint density at radius 3 is 2.31 bits per heavy atom. The van der Waals surface area contributed by atoms with Gasteiger partial charge in [0.25, 0.3) is 0 Å². The summed E-state index contributed by atoms with van der Waals surface area (Å²) in [5, 5.41) is 23.0. The Kier molecular flexibility index (Phi) is 11.0. The molecule has 5 aromatic carbocycles. The van der Waals surface area contributed by atoms with E-state index in [0.29, 0.717) is 30.2 Å². The lowest BCUT2D eigenvalue weighted by molar-refractivity contribution is -0.245. The second-order valence-electron chi connectivity index (χ2n) is 12.0. The third kappa shape index (κ3) is 9.02. The van der Waals surface area contributed by atoms with Crippen LogP contribution in [0.2, 0.25) is 0 Å². The van der Waals surface area contributed by atoms with E-state index in [-0.39, 0.29) is 24.8 Å². The van der Waals surface area contributed by atoms with E-state index in [0.717, 1.165) is 44.3 Å². The highest BCUT2D eigenvalue weighted by Crippen LogP contribution is 2.40. The standard InChI is InChI=1S/C40H37N5O5S/c46-24-27-10-12-29(13-11-27)37-22-35(25-51-40-42-26-43-45-40)49-38(50-37)30-16-14-28(15-17-30)36-9-5-4-6-31(36)23-41-39(47)44-32-18-20-34(21-19-32)48-33-7-2-1-3-8-33/h1-21,26,35,37-38,46H,22-25H2,(H2,41,44,47)(H,42,43,45)/t35-,37+,38+/m1/s1. The number of nitrogens with one attached hydrogen (secondary N) is 3. The van der Waals surface area contributed by atoms with Crippen molar-refractivity contribution in [2.45, 2.75) is 43.2 Å². The summed E-state index contributed by atoms with van der Waals surface area (Å²) in [6.07, 6.45) is 1.32. The SMILES string of the molecule is O=C(NCc1ccccc1-c1ccc([C@H]2O[C@@H](CSc3ncn[nH]3)C[C@@H](c3ccc(CO)cc3)O2)cc1)Nc1ccc(Oc2ccccc2)cc1. The maximum Gasteiger partial charge on any atom is 0.319 e. The van der Waals surface area contributed by atoms with Gasteiger partial charge in [-0.05, 0) is 64.2 Å². The highest BCUT2D eigenvalue weighted by molar-refractivity contribution is 7.99. The first-order valence-corrected chi connectivity index (χ1v) is 17.6. The number of ether oxygens (including phenoxy) is 3. The molecule has 4 N–H and O–H groups in total. The molecule has 1 saturated heterocycles. The van der Waals surface area contributed by atoms with Crippen molar-refractivity contribution < 1.29 is 24.1 Å². The molecule has 1 aromatic heterocycles. The van der Waals surface area contributed by atoms with Crippen LogP contribution in [0.15, 0.2) is 139 Å². The van der Waals surface area contributed by atoms with Gasteiger partial charge >= 0.3 is 6.03 Å². The smallest absolute Gasteiger partial charge is 0.319 e. The number of hydrogen-bond acceptors (Lipinski definition) is 8. The van der Waals surface area contributed by atoms with E-state index in [1.54, 1.807) is 23.9 Å². The molecule has 0 unspecified atom stereocenters. The first-order chi connectivity index (χ1) is 25.1. The molecule has 0 radical (unpaired) electrons. The van der Waals surface area contributed by atoms with E-state index in [2.05, 4.69) is 37.9 Å². The van der Waals surface area contributed by atoms with Crippen molar-refractivity contribution in [3.8, 4) is 22.6 Å². The number of thioether (sulfide) groups is 1. The summed E-state index contributed by atoms with van der Waals surface area (Å²) in [6.45, 7) is 0.336. The van der Waals surface area contributed by atoms with Crippen molar-refractivity contribution in [3.05, 3.63) is 156 Å². The van der Waals surface area contributed by atoms with Crippen molar-refractivity contribution in [1.82, 2.24) is 20.5 Å². The fraction of sp³-hybridized carbons (Fsp3) is 0.175. The number of para-hydroxylation sites is 1. The summed E-state index contributed by atoms with van der Waals surface area (Å²) in [7, 11) is 0. The molecule has 7 rings (SSSR count). The van der Waals surface area contributed by atoms with Gasteiger partial charge in [-0.2, -0.15) is 5.10 Å². The molecule has 2 heterocycles. The van der Waals surface area contributed by atoms with Crippen molar-refractivity contribution in [1.29, 1.82) is 0 Å². The minimum atomic E-state index is -0.574. The van der Waals surface area contributed by atoms with Crippen molar-refractivity contribution in [2.75, 3.05) is 11.1 Å². The van der Waals surface area contributed by atoms with E-state index < -0.39 is 6.29 Å². The number of anilines is 1. The molecular formula is C40H37N5O5S. The molecule has 1 aliphatic heterocycles. The lowest BCUT2D eigenvalue weighted by Crippen LogP contribution is -2.31. The minimum Gasteiger partial charge on any atom is -0.457 e. The molecule has 1 fully saturated rings. The third-order valence-electron chi connectivity index (χ3n) is 8.46. The molecular weight excluding hydrogens is 663 g/mol. The van der Waals surface area contributed by atoms with Crippen LogP contribution in [0.25, 0.3) is 11.1 Å². The molecule has 3 atom stereocenters. The zero-order valence-electron chi connectivity index (χ0n) is 27.6. The lowest BCUT2D eigenvalue weighted by atomic mass is 9.98. The number of aromatic nitrogens is 3. The average Bonchev–Trinajstić information content (AvgIpc) is 3.72. The summed E-state index contributed by atoms with van der Waals surface area (Å²) >= 11 is 1.56. The molecule has 1 aliphatic rings. The van der Waals surface area contributed by atoms with Crippen molar-refractivity contribution in [3.63, 3.8) is 0 Å². The number of aliphatic hydroxyl groups is 1. The molecule has 11 heteroatoms. The molecule has 258 valence electrons. The lowest BCUT2D eigenvalue weighted by Gasteiger charge is -2.36. The first kappa shape index (κ1) is 34.0. The van der Waals surface area contributed by atoms with E-state index in [1.807, 2.05) is 103 Å². The monoisotopic (exact) mass is 699 g/mol. The van der Waals surface area contributed by atoms with Crippen LogP contribution < -0.4 is 15.4 Å². The van der Waals surface area contributed by atoms with Crippen LogP contribution in [-0.2, 0) is 22.6 Å². The van der Waals surface area contributed by atoms with Gasteiger partial charge in [0.05, 0.1) is 18.8 Å². The Bertz CT molecular complexity index is 1990. The van der Waals surface area contributed by atoms with Crippen molar-refractivity contribution >= 4 is 23.5 Å².